The highest BCUT2D eigenvalue weighted by molar-refractivity contribution is 7.91. The van der Waals surface area contributed by atoms with E-state index in [0.29, 0.717) is 16.5 Å². The topological polar surface area (TPSA) is 125 Å². The van der Waals surface area contributed by atoms with Crippen molar-refractivity contribution in [3.8, 4) is 0 Å². The van der Waals surface area contributed by atoms with E-state index >= 15 is 0 Å². The molecule has 1 aromatic carbocycles. The fraction of sp³-hybridized carbons (Fsp3) is 0.350. The molecule has 10 heteroatoms. The predicted molar refractivity (Wildman–Crippen MR) is 115 cm³/mol. The van der Waals surface area contributed by atoms with E-state index in [-0.39, 0.29) is 5.91 Å². The molecule has 1 atom stereocenters. The third-order valence-electron chi connectivity index (χ3n) is 5.94. The molecule has 156 valence electrons. The number of nitrogens with zero attached hydrogens (tertiary/aromatic N) is 3. The number of carbonyl (C=O) groups is 1. The quantitative estimate of drug-likeness (QED) is 0.510. The zero-order valence-electron chi connectivity index (χ0n) is 16.6. The van der Waals surface area contributed by atoms with Crippen molar-refractivity contribution in [3.05, 3.63) is 36.5 Å². The van der Waals surface area contributed by atoms with Gasteiger partial charge in [0, 0.05) is 28.4 Å². The van der Waals surface area contributed by atoms with E-state index in [9.17, 15) is 9.00 Å². The first kappa shape index (κ1) is 18.9. The van der Waals surface area contributed by atoms with Gasteiger partial charge in [0.2, 0.25) is 5.95 Å². The normalized spacial score (nSPS) is 19.6. The van der Waals surface area contributed by atoms with Crippen molar-refractivity contribution < 1.29 is 9.00 Å². The van der Waals surface area contributed by atoms with Crippen LogP contribution >= 0.6 is 0 Å². The van der Waals surface area contributed by atoms with Crippen LogP contribution in [0.1, 0.15) is 32.1 Å². The minimum atomic E-state index is -2.75. The summed E-state index contributed by atoms with van der Waals surface area (Å²) in [5.74, 6) is 1.21. The highest BCUT2D eigenvalue weighted by Crippen LogP contribution is 2.42. The van der Waals surface area contributed by atoms with Gasteiger partial charge in [0.15, 0.2) is 0 Å². The Hall–Kier alpha value is -3.14. The molecule has 30 heavy (non-hydrogen) atoms. The SMILES string of the molecule is CS(=N)(=O)c1ccc(Nc2ncc3cc4n(c3n2)C2(CCCCC2)C(=O)NN4)cc1. The summed E-state index contributed by atoms with van der Waals surface area (Å²) in [6, 6.07) is 8.80. The fourth-order valence-corrected chi connectivity index (χ4v) is 5.08. The number of rotatable bonds is 3. The van der Waals surface area contributed by atoms with Crippen molar-refractivity contribution in [2.24, 2.45) is 0 Å². The summed E-state index contributed by atoms with van der Waals surface area (Å²) in [4.78, 5) is 22.5. The van der Waals surface area contributed by atoms with E-state index in [1.54, 1.807) is 30.5 Å². The number of hydrogen-bond donors (Lipinski definition) is 4. The first-order chi connectivity index (χ1) is 14.4. The molecule has 4 N–H and O–H groups in total. The van der Waals surface area contributed by atoms with Gasteiger partial charge >= 0.3 is 0 Å². The van der Waals surface area contributed by atoms with E-state index in [2.05, 4.69) is 21.2 Å². The predicted octanol–water partition coefficient (Wildman–Crippen LogP) is 3.33. The number of fused-ring (bicyclic) bond motifs is 4. The Bertz CT molecular complexity index is 1240. The number of hydrogen-bond acceptors (Lipinski definition) is 7. The molecule has 3 aromatic rings. The van der Waals surface area contributed by atoms with Crippen LogP contribution in [0.3, 0.4) is 0 Å². The summed E-state index contributed by atoms with van der Waals surface area (Å²) in [5.41, 5.74) is 6.64. The van der Waals surface area contributed by atoms with Crippen molar-refractivity contribution in [1.29, 1.82) is 4.78 Å². The summed E-state index contributed by atoms with van der Waals surface area (Å²) < 4.78 is 21.6. The van der Waals surface area contributed by atoms with Crippen LogP contribution in [-0.2, 0) is 20.1 Å². The monoisotopic (exact) mass is 425 g/mol. The molecule has 0 saturated heterocycles. The average Bonchev–Trinajstić information content (AvgIpc) is 3.10. The molecule has 0 bridgehead atoms. The molecule has 0 radical (unpaired) electrons. The lowest BCUT2D eigenvalue weighted by Gasteiger charge is -2.41. The second-order valence-corrected chi connectivity index (χ2v) is 10.2. The van der Waals surface area contributed by atoms with Crippen LogP contribution in [0, 0.1) is 4.78 Å². The Morgan fingerprint density at radius 2 is 1.90 bits per heavy atom. The van der Waals surface area contributed by atoms with E-state index < -0.39 is 15.3 Å². The summed E-state index contributed by atoms with van der Waals surface area (Å²) in [6.45, 7) is 0. The van der Waals surface area contributed by atoms with Crippen LogP contribution < -0.4 is 16.2 Å². The molecular weight excluding hydrogens is 402 g/mol. The van der Waals surface area contributed by atoms with Crippen LogP contribution in [0.15, 0.2) is 41.4 Å². The number of nitrogens with one attached hydrogen (secondary N) is 4. The van der Waals surface area contributed by atoms with E-state index in [1.165, 1.54) is 6.26 Å². The lowest BCUT2D eigenvalue weighted by atomic mass is 9.80. The van der Waals surface area contributed by atoms with Gasteiger partial charge in [-0.1, -0.05) is 19.3 Å². The lowest BCUT2D eigenvalue weighted by molar-refractivity contribution is -0.131. The van der Waals surface area contributed by atoms with Crippen molar-refractivity contribution in [1.82, 2.24) is 20.0 Å². The maximum absolute atomic E-state index is 12.9. The summed E-state index contributed by atoms with van der Waals surface area (Å²) in [7, 11) is -2.75. The van der Waals surface area contributed by atoms with Gasteiger partial charge in [-0.15, -0.1) is 0 Å². The molecule has 9 nitrogen and oxygen atoms in total. The Morgan fingerprint density at radius 3 is 2.60 bits per heavy atom. The highest BCUT2D eigenvalue weighted by Gasteiger charge is 2.46. The number of amides is 1. The Balaban J connectivity index is 1.54. The van der Waals surface area contributed by atoms with Gasteiger partial charge < -0.3 is 5.32 Å². The second kappa shape index (κ2) is 6.69. The van der Waals surface area contributed by atoms with Gasteiger partial charge in [-0.2, -0.15) is 4.98 Å². The van der Waals surface area contributed by atoms with Gasteiger partial charge in [0.1, 0.15) is 17.0 Å². The molecule has 1 saturated carbocycles. The molecule has 1 amide bonds. The Kier molecular flexibility index (Phi) is 4.21. The van der Waals surface area contributed by atoms with Crippen molar-refractivity contribution >= 4 is 44.1 Å². The highest BCUT2D eigenvalue weighted by atomic mass is 32.2. The molecule has 2 aliphatic rings. The maximum atomic E-state index is 12.9. The molecule has 1 spiro atoms. The first-order valence-electron chi connectivity index (χ1n) is 9.93. The number of anilines is 3. The molecule has 1 unspecified atom stereocenters. The molecular formula is C20H23N7O2S. The average molecular weight is 426 g/mol. The van der Waals surface area contributed by atoms with E-state index in [1.807, 2.05) is 10.6 Å². The molecule has 1 aliphatic carbocycles. The number of hydrazine groups is 1. The fourth-order valence-electron chi connectivity index (χ4n) is 4.43. The minimum absolute atomic E-state index is 0.0190. The number of aromatic nitrogens is 3. The molecule has 5 rings (SSSR count). The molecule has 2 aromatic heterocycles. The van der Waals surface area contributed by atoms with Gasteiger partial charge in [0.25, 0.3) is 5.91 Å². The zero-order valence-corrected chi connectivity index (χ0v) is 17.4. The Labute approximate surface area is 174 Å². The van der Waals surface area contributed by atoms with Gasteiger partial charge in [-0.25, -0.2) is 14.0 Å². The van der Waals surface area contributed by atoms with Crippen LogP contribution in [0.5, 0.6) is 0 Å². The van der Waals surface area contributed by atoms with Crippen LogP contribution in [-0.4, -0.2) is 30.9 Å². The van der Waals surface area contributed by atoms with Crippen LogP contribution in [0.2, 0.25) is 0 Å². The number of carbonyl (C=O) groups excluding carboxylic acids is 1. The van der Waals surface area contributed by atoms with Crippen molar-refractivity contribution in [2.75, 3.05) is 17.0 Å². The van der Waals surface area contributed by atoms with Gasteiger partial charge in [-0.3, -0.25) is 20.2 Å². The smallest absolute Gasteiger partial charge is 0.264 e. The van der Waals surface area contributed by atoms with E-state index in [4.69, 9.17) is 9.76 Å². The molecule has 3 heterocycles. The molecule has 1 fully saturated rings. The number of benzene rings is 1. The van der Waals surface area contributed by atoms with Crippen LogP contribution in [0.25, 0.3) is 11.0 Å². The van der Waals surface area contributed by atoms with Crippen molar-refractivity contribution in [3.63, 3.8) is 0 Å². The molecule has 1 aliphatic heterocycles. The minimum Gasteiger partial charge on any atom is -0.324 e. The largest absolute Gasteiger partial charge is 0.324 e. The summed E-state index contributed by atoms with van der Waals surface area (Å²) in [5, 5.41) is 4.02. The zero-order chi connectivity index (χ0) is 20.9. The van der Waals surface area contributed by atoms with Gasteiger partial charge in [-0.05, 0) is 43.2 Å². The summed E-state index contributed by atoms with van der Waals surface area (Å²) in [6.07, 6.45) is 7.86. The Morgan fingerprint density at radius 1 is 1.17 bits per heavy atom. The van der Waals surface area contributed by atoms with Crippen molar-refractivity contribution in [2.45, 2.75) is 42.5 Å². The third-order valence-corrected chi connectivity index (χ3v) is 7.11. The van der Waals surface area contributed by atoms with Crippen LogP contribution in [0.4, 0.5) is 17.5 Å². The first-order valence-corrected chi connectivity index (χ1v) is 11.9. The third kappa shape index (κ3) is 2.98. The second-order valence-electron chi connectivity index (χ2n) is 8.00. The van der Waals surface area contributed by atoms with Gasteiger partial charge in [0.05, 0.1) is 9.73 Å². The standard InChI is InChI=1S/C20H23N7O2S/c1-30(21,29)15-7-5-14(6-8-15)23-19-22-12-13-11-16-25-26-18(28)20(9-3-2-4-10-20)27(16)17(13)24-19/h5-8,11-12,21,25H,2-4,9-10H2,1H3,(H,26,28)(H,22,23,24). The van der Waals surface area contributed by atoms with E-state index in [0.717, 1.165) is 49.0 Å². The maximum Gasteiger partial charge on any atom is 0.264 e. The lowest BCUT2D eigenvalue weighted by Crippen LogP contribution is -2.55. The summed E-state index contributed by atoms with van der Waals surface area (Å²) >= 11 is 0.